The van der Waals surface area contributed by atoms with E-state index in [2.05, 4.69) is 26.5 Å². The number of rotatable bonds is 4. The Balaban J connectivity index is 2.12. The largest absolute Gasteiger partial charge is 0.496 e. The molecule has 0 radical (unpaired) electrons. The van der Waals surface area contributed by atoms with Gasteiger partial charge in [0.25, 0.3) is 0 Å². The molecule has 0 aliphatic rings. The Bertz CT molecular complexity index is 596. The van der Waals surface area contributed by atoms with Crippen molar-refractivity contribution in [2.45, 2.75) is 6.92 Å². The van der Waals surface area contributed by atoms with Gasteiger partial charge < -0.3 is 4.74 Å². The van der Waals surface area contributed by atoms with Gasteiger partial charge in [0, 0.05) is 10.0 Å². The molecule has 4 heteroatoms. The number of benzene rings is 2. The van der Waals surface area contributed by atoms with Gasteiger partial charge in [-0.05, 0) is 42.8 Å². The number of nitrogens with zero attached hydrogens (tertiary/aromatic N) is 1. The standard InChI is InChI=1S/C15H15BrN2O/c1-11-4-3-5-14(8-11)18-17-10-12-9-13(16)6-7-15(12)19-2/h3-10,18H,1-2H3/b17-10-. The van der Waals surface area contributed by atoms with E-state index in [-0.39, 0.29) is 0 Å². The SMILES string of the molecule is COc1ccc(Br)cc1/C=N\Nc1cccc(C)c1. The summed E-state index contributed by atoms with van der Waals surface area (Å²) in [5.74, 6) is 0.790. The summed E-state index contributed by atoms with van der Waals surface area (Å²) >= 11 is 3.43. The zero-order chi connectivity index (χ0) is 13.7. The third-order valence-electron chi connectivity index (χ3n) is 2.61. The zero-order valence-corrected chi connectivity index (χ0v) is 12.4. The van der Waals surface area contributed by atoms with Gasteiger partial charge in [-0.25, -0.2) is 0 Å². The summed E-state index contributed by atoms with van der Waals surface area (Å²) in [6.07, 6.45) is 1.74. The third-order valence-corrected chi connectivity index (χ3v) is 3.10. The van der Waals surface area contributed by atoms with Gasteiger partial charge in [-0.1, -0.05) is 28.1 Å². The molecule has 0 saturated carbocycles. The van der Waals surface area contributed by atoms with Crippen molar-refractivity contribution >= 4 is 27.8 Å². The van der Waals surface area contributed by atoms with Crippen LogP contribution in [0.4, 0.5) is 5.69 Å². The van der Waals surface area contributed by atoms with Crippen LogP contribution in [0.25, 0.3) is 0 Å². The molecular weight excluding hydrogens is 304 g/mol. The van der Waals surface area contributed by atoms with Crippen molar-refractivity contribution in [3.63, 3.8) is 0 Å². The maximum Gasteiger partial charge on any atom is 0.127 e. The summed E-state index contributed by atoms with van der Waals surface area (Å²) in [6.45, 7) is 2.05. The summed E-state index contributed by atoms with van der Waals surface area (Å²) in [7, 11) is 1.65. The number of aryl methyl sites for hydroxylation is 1. The van der Waals surface area contributed by atoms with Gasteiger partial charge in [0.05, 0.1) is 19.0 Å². The molecular formula is C15H15BrN2O. The van der Waals surface area contributed by atoms with E-state index in [4.69, 9.17) is 4.74 Å². The lowest BCUT2D eigenvalue weighted by molar-refractivity contribution is 0.414. The van der Waals surface area contributed by atoms with Crippen LogP contribution in [0.5, 0.6) is 5.75 Å². The van der Waals surface area contributed by atoms with E-state index in [0.717, 1.165) is 21.5 Å². The van der Waals surface area contributed by atoms with Crippen molar-refractivity contribution in [2.24, 2.45) is 5.10 Å². The van der Waals surface area contributed by atoms with Crippen LogP contribution in [0.1, 0.15) is 11.1 Å². The molecule has 0 amide bonds. The van der Waals surface area contributed by atoms with Gasteiger partial charge >= 0.3 is 0 Å². The highest BCUT2D eigenvalue weighted by Crippen LogP contribution is 2.21. The molecule has 2 rings (SSSR count). The number of methoxy groups -OCH3 is 1. The third kappa shape index (κ3) is 3.83. The maximum atomic E-state index is 5.28. The van der Waals surface area contributed by atoms with Crippen LogP contribution in [0.3, 0.4) is 0 Å². The zero-order valence-electron chi connectivity index (χ0n) is 10.9. The van der Waals surface area contributed by atoms with Crippen molar-refractivity contribution in [3.05, 3.63) is 58.1 Å². The topological polar surface area (TPSA) is 33.6 Å². The Labute approximate surface area is 121 Å². The van der Waals surface area contributed by atoms with Crippen LogP contribution in [-0.2, 0) is 0 Å². The second kappa shape index (κ2) is 6.38. The van der Waals surface area contributed by atoms with Crippen LogP contribution in [-0.4, -0.2) is 13.3 Å². The number of nitrogens with one attached hydrogen (secondary N) is 1. The smallest absolute Gasteiger partial charge is 0.127 e. The highest BCUT2D eigenvalue weighted by Gasteiger charge is 2.00. The fourth-order valence-corrected chi connectivity index (χ4v) is 2.08. The van der Waals surface area contributed by atoms with Crippen LogP contribution >= 0.6 is 15.9 Å². The molecule has 2 aromatic carbocycles. The molecule has 0 aliphatic carbocycles. The Kier molecular flexibility index (Phi) is 4.58. The predicted molar refractivity (Wildman–Crippen MR) is 83.1 cm³/mol. The summed E-state index contributed by atoms with van der Waals surface area (Å²) < 4.78 is 6.27. The number of hydrogen-bond acceptors (Lipinski definition) is 3. The van der Waals surface area contributed by atoms with Crippen LogP contribution < -0.4 is 10.2 Å². The van der Waals surface area contributed by atoms with E-state index in [9.17, 15) is 0 Å². The van der Waals surface area contributed by atoms with E-state index >= 15 is 0 Å². The number of hydrazone groups is 1. The minimum atomic E-state index is 0.790. The Morgan fingerprint density at radius 2 is 2.05 bits per heavy atom. The first kappa shape index (κ1) is 13.6. The van der Waals surface area contributed by atoms with Gasteiger partial charge in [-0.15, -0.1) is 0 Å². The van der Waals surface area contributed by atoms with E-state index in [1.54, 1.807) is 13.3 Å². The minimum Gasteiger partial charge on any atom is -0.496 e. The van der Waals surface area contributed by atoms with Gasteiger partial charge in [-0.3, -0.25) is 5.43 Å². The number of halogens is 1. The molecule has 0 aromatic heterocycles. The first-order valence-electron chi connectivity index (χ1n) is 5.88. The molecule has 3 nitrogen and oxygen atoms in total. The van der Waals surface area contributed by atoms with Crippen molar-refractivity contribution in [1.82, 2.24) is 0 Å². The van der Waals surface area contributed by atoms with E-state index in [0.29, 0.717) is 0 Å². The highest BCUT2D eigenvalue weighted by molar-refractivity contribution is 9.10. The molecule has 0 fully saturated rings. The predicted octanol–water partition coefficient (Wildman–Crippen LogP) is 4.21. The van der Waals surface area contributed by atoms with Crippen molar-refractivity contribution in [2.75, 3.05) is 12.5 Å². The molecule has 0 atom stereocenters. The van der Waals surface area contributed by atoms with Gasteiger partial charge in [0.1, 0.15) is 5.75 Å². The second-order valence-corrected chi connectivity index (χ2v) is 5.04. The molecule has 1 N–H and O–H groups in total. The molecule has 0 heterocycles. The fourth-order valence-electron chi connectivity index (χ4n) is 1.70. The minimum absolute atomic E-state index is 0.790. The Morgan fingerprint density at radius 1 is 1.21 bits per heavy atom. The molecule has 2 aromatic rings. The van der Waals surface area contributed by atoms with E-state index < -0.39 is 0 Å². The van der Waals surface area contributed by atoms with Gasteiger partial charge in [0.15, 0.2) is 0 Å². The van der Waals surface area contributed by atoms with Crippen LogP contribution in [0, 0.1) is 6.92 Å². The summed E-state index contributed by atoms with van der Waals surface area (Å²) in [5.41, 5.74) is 6.08. The van der Waals surface area contributed by atoms with Crippen molar-refractivity contribution in [3.8, 4) is 5.75 Å². The Hall–Kier alpha value is -1.81. The molecule has 0 saturated heterocycles. The fraction of sp³-hybridized carbons (Fsp3) is 0.133. The van der Waals surface area contributed by atoms with Crippen LogP contribution in [0.2, 0.25) is 0 Å². The van der Waals surface area contributed by atoms with Gasteiger partial charge in [0.2, 0.25) is 0 Å². The summed E-state index contributed by atoms with van der Waals surface area (Å²) in [5, 5.41) is 4.23. The van der Waals surface area contributed by atoms with Crippen molar-refractivity contribution in [1.29, 1.82) is 0 Å². The molecule has 19 heavy (non-hydrogen) atoms. The first-order valence-corrected chi connectivity index (χ1v) is 6.67. The summed E-state index contributed by atoms with van der Waals surface area (Å²) in [6, 6.07) is 13.8. The average Bonchev–Trinajstić information content (AvgIpc) is 2.39. The quantitative estimate of drug-likeness (QED) is 0.676. The van der Waals surface area contributed by atoms with Crippen LogP contribution in [0.15, 0.2) is 52.0 Å². The van der Waals surface area contributed by atoms with E-state index in [1.807, 2.05) is 49.4 Å². The average molecular weight is 319 g/mol. The monoisotopic (exact) mass is 318 g/mol. The number of hydrogen-bond donors (Lipinski definition) is 1. The lowest BCUT2D eigenvalue weighted by Crippen LogP contribution is -1.94. The molecule has 98 valence electrons. The molecule has 0 bridgehead atoms. The first-order chi connectivity index (χ1) is 9.19. The lowest BCUT2D eigenvalue weighted by atomic mass is 10.2. The Morgan fingerprint density at radius 3 is 2.79 bits per heavy atom. The normalized spacial score (nSPS) is 10.7. The molecule has 0 unspecified atom stereocenters. The maximum absolute atomic E-state index is 5.28. The summed E-state index contributed by atoms with van der Waals surface area (Å²) in [4.78, 5) is 0. The second-order valence-electron chi connectivity index (χ2n) is 4.13. The van der Waals surface area contributed by atoms with E-state index in [1.165, 1.54) is 5.56 Å². The number of anilines is 1. The molecule has 0 aliphatic heterocycles. The van der Waals surface area contributed by atoms with Gasteiger partial charge in [-0.2, -0.15) is 5.10 Å². The molecule has 0 spiro atoms. The van der Waals surface area contributed by atoms with Crippen molar-refractivity contribution < 1.29 is 4.74 Å². The number of ether oxygens (including phenoxy) is 1. The highest BCUT2D eigenvalue weighted by atomic mass is 79.9. The lowest BCUT2D eigenvalue weighted by Gasteiger charge is -2.05.